The molecule has 0 amide bonds. The Kier molecular flexibility index (Phi) is 5.48. The van der Waals surface area contributed by atoms with Crippen LogP contribution in [-0.2, 0) is 6.42 Å². The van der Waals surface area contributed by atoms with E-state index in [1.807, 2.05) is 0 Å². The fourth-order valence-corrected chi connectivity index (χ4v) is 2.24. The first kappa shape index (κ1) is 14.8. The second-order valence-corrected chi connectivity index (χ2v) is 4.19. The number of benzene rings is 1. The molecule has 1 heterocycles. The number of rotatable bonds is 4. The quantitative estimate of drug-likeness (QED) is 0.840. The molecule has 0 spiro atoms. The summed E-state index contributed by atoms with van der Waals surface area (Å²) in [6, 6.07) is 4.14. The minimum atomic E-state index is 0. The molecule has 0 aliphatic carbocycles. The molecule has 3 nitrogen and oxygen atoms in total. The summed E-state index contributed by atoms with van der Waals surface area (Å²) in [6.07, 6.45) is 3.14. The number of halogens is 1. The first-order chi connectivity index (χ1) is 8.30. The zero-order chi connectivity index (χ0) is 12.3. The molecule has 0 fully saturated rings. The average Bonchev–Trinajstić information content (AvgIpc) is 2.38. The lowest BCUT2D eigenvalue weighted by Crippen LogP contribution is -2.13. The van der Waals surface area contributed by atoms with Gasteiger partial charge in [-0.25, -0.2) is 0 Å². The number of ether oxygens (including phenoxy) is 2. The van der Waals surface area contributed by atoms with Gasteiger partial charge in [0.1, 0.15) is 0 Å². The summed E-state index contributed by atoms with van der Waals surface area (Å²) >= 11 is 0. The van der Waals surface area contributed by atoms with Crippen molar-refractivity contribution in [2.75, 3.05) is 20.8 Å². The minimum absolute atomic E-state index is 0. The summed E-state index contributed by atoms with van der Waals surface area (Å²) in [5.74, 6) is 1.60. The van der Waals surface area contributed by atoms with E-state index in [0.29, 0.717) is 0 Å². The van der Waals surface area contributed by atoms with Crippen LogP contribution < -0.4 is 9.47 Å². The van der Waals surface area contributed by atoms with Crippen LogP contribution >= 0.6 is 12.4 Å². The molecular weight excluding hydrogens is 250 g/mol. The van der Waals surface area contributed by atoms with Crippen LogP contribution in [0.25, 0.3) is 0 Å². The van der Waals surface area contributed by atoms with Crippen molar-refractivity contribution in [3.8, 4) is 11.5 Å². The van der Waals surface area contributed by atoms with Crippen molar-refractivity contribution in [2.24, 2.45) is 4.99 Å². The van der Waals surface area contributed by atoms with Crippen molar-refractivity contribution in [3.63, 3.8) is 0 Å². The van der Waals surface area contributed by atoms with Crippen molar-refractivity contribution < 1.29 is 9.47 Å². The van der Waals surface area contributed by atoms with Gasteiger partial charge in [0.15, 0.2) is 11.5 Å². The third-order valence-corrected chi connectivity index (χ3v) is 3.09. The first-order valence-corrected chi connectivity index (χ1v) is 6.08. The van der Waals surface area contributed by atoms with Gasteiger partial charge in [0, 0.05) is 17.8 Å². The highest BCUT2D eigenvalue weighted by atomic mass is 35.5. The molecule has 1 aliphatic rings. The Morgan fingerprint density at radius 2 is 1.83 bits per heavy atom. The van der Waals surface area contributed by atoms with Gasteiger partial charge in [0.05, 0.1) is 14.2 Å². The van der Waals surface area contributed by atoms with E-state index < -0.39 is 0 Å². The molecule has 2 rings (SSSR count). The number of fused-ring (bicyclic) bond motifs is 1. The normalized spacial score (nSPS) is 13.2. The van der Waals surface area contributed by atoms with Crippen LogP contribution in [0.4, 0.5) is 0 Å². The predicted molar refractivity (Wildman–Crippen MR) is 76.8 cm³/mol. The van der Waals surface area contributed by atoms with Crippen LogP contribution in [0.15, 0.2) is 17.1 Å². The van der Waals surface area contributed by atoms with E-state index in [4.69, 9.17) is 9.47 Å². The van der Waals surface area contributed by atoms with Crippen molar-refractivity contribution in [1.29, 1.82) is 0 Å². The molecule has 0 unspecified atom stereocenters. The van der Waals surface area contributed by atoms with Crippen LogP contribution in [0, 0.1) is 0 Å². The van der Waals surface area contributed by atoms with Crippen molar-refractivity contribution in [1.82, 2.24) is 0 Å². The summed E-state index contributed by atoms with van der Waals surface area (Å²) in [7, 11) is 3.35. The van der Waals surface area contributed by atoms with Gasteiger partial charge >= 0.3 is 0 Å². The molecule has 0 N–H and O–H groups in total. The van der Waals surface area contributed by atoms with Crippen LogP contribution in [0.5, 0.6) is 11.5 Å². The van der Waals surface area contributed by atoms with Gasteiger partial charge < -0.3 is 9.47 Å². The van der Waals surface area contributed by atoms with E-state index in [1.54, 1.807) is 14.2 Å². The average molecular weight is 270 g/mol. The maximum Gasteiger partial charge on any atom is 0.161 e. The van der Waals surface area contributed by atoms with Gasteiger partial charge in [-0.3, -0.25) is 4.99 Å². The lowest BCUT2D eigenvalue weighted by molar-refractivity contribution is 0.354. The maximum absolute atomic E-state index is 5.35. The molecule has 18 heavy (non-hydrogen) atoms. The summed E-state index contributed by atoms with van der Waals surface area (Å²) in [5, 5.41) is 0. The molecule has 0 aromatic heterocycles. The van der Waals surface area contributed by atoms with Gasteiger partial charge in [-0.2, -0.15) is 0 Å². The highest BCUT2D eigenvalue weighted by Gasteiger charge is 2.17. The molecule has 0 radical (unpaired) electrons. The highest BCUT2D eigenvalue weighted by Crippen LogP contribution is 2.33. The molecule has 100 valence electrons. The van der Waals surface area contributed by atoms with Crippen molar-refractivity contribution in [2.45, 2.75) is 26.2 Å². The third-order valence-electron chi connectivity index (χ3n) is 3.09. The molecule has 1 aromatic carbocycles. The molecule has 4 heteroatoms. The first-order valence-electron chi connectivity index (χ1n) is 6.08. The number of nitrogens with zero attached hydrogens (tertiary/aromatic N) is 1. The van der Waals surface area contributed by atoms with Gasteiger partial charge in [-0.05, 0) is 30.5 Å². The van der Waals surface area contributed by atoms with Gasteiger partial charge in [0.25, 0.3) is 0 Å². The maximum atomic E-state index is 5.35. The predicted octanol–water partition coefficient (Wildman–Crippen LogP) is 3.27. The van der Waals surface area contributed by atoms with Crippen LogP contribution in [0.2, 0.25) is 0 Å². The second kappa shape index (κ2) is 6.64. The van der Waals surface area contributed by atoms with Crippen LogP contribution in [0.3, 0.4) is 0 Å². The van der Waals surface area contributed by atoms with Crippen LogP contribution in [-0.4, -0.2) is 26.5 Å². The van der Waals surface area contributed by atoms with Crippen molar-refractivity contribution in [3.05, 3.63) is 23.3 Å². The smallest absolute Gasteiger partial charge is 0.161 e. The van der Waals surface area contributed by atoms with E-state index in [9.17, 15) is 0 Å². The number of hydrogen-bond donors (Lipinski definition) is 0. The van der Waals surface area contributed by atoms with Gasteiger partial charge in [-0.1, -0.05) is 13.3 Å². The fourth-order valence-electron chi connectivity index (χ4n) is 2.24. The summed E-state index contributed by atoms with van der Waals surface area (Å²) in [6.45, 7) is 3.06. The molecule has 1 aliphatic heterocycles. The molecule has 0 bridgehead atoms. The topological polar surface area (TPSA) is 30.8 Å². The lowest BCUT2D eigenvalue weighted by Gasteiger charge is -2.19. The number of aliphatic imine (C=N–C) groups is 1. The van der Waals surface area contributed by atoms with E-state index in [-0.39, 0.29) is 12.4 Å². The monoisotopic (exact) mass is 269 g/mol. The molecule has 0 saturated heterocycles. The Hall–Kier alpha value is -1.22. The van der Waals surface area contributed by atoms with E-state index in [1.165, 1.54) is 16.8 Å². The third kappa shape index (κ3) is 2.78. The van der Waals surface area contributed by atoms with Gasteiger partial charge in [0.2, 0.25) is 0 Å². The molecule has 0 saturated carbocycles. The summed E-state index contributed by atoms with van der Waals surface area (Å²) < 4.78 is 10.7. The number of hydrogen-bond acceptors (Lipinski definition) is 3. The fraction of sp³-hybridized carbons (Fsp3) is 0.500. The van der Waals surface area contributed by atoms with E-state index in [2.05, 4.69) is 24.0 Å². The van der Waals surface area contributed by atoms with E-state index >= 15 is 0 Å². The van der Waals surface area contributed by atoms with E-state index in [0.717, 1.165) is 37.3 Å². The Bertz CT molecular complexity index is 444. The highest BCUT2D eigenvalue weighted by molar-refractivity contribution is 6.03. The molecule has 1 aromatic rings. The zero-order valence-electron chi connectivity index (χ0n) is 11.2. The Morgan fingerprint density at radius 1 is 1.17 bits per heavy atom. The summed E-state index contributed by atoms with van der Waals surface area (Å²) in [4.78, 5) is 4.61. The lowest BCUT2D eigenvalue weighted by atomic mass is 9.94. The zero-order valence-corrected chi connectivity index (χ0v) is 12.0. The Balaban J connectivity index is 0.00000162. The molecule has 0 atom stereocenters. The van der Waals surface area contributed by atoms with Crippen LogP contribution in [0.1, 0.15) is 30.9 Å². The van der Waals surface area contributed by atoms with Crippen molar-refractivity contribution >= 4 is 18.1 Å². The number of methoxy groups -OCH3 is 2. The Morgan fingerprint density at radius 3 is 2.44 bits per heavy atom. The molecular formula is C14H20ClNO2. The second-order valence-electron chi connectivity index (χ2n) is 4.19. The van der Waals surface area contributed by atoms with Gasteiger partial charge in [-0.15, -0.1) is 12.4 Å². The Labute approximate surface area is 115 Å². The standard InChI is InChI=1S/C14H19NO2.ClH/c1-4-5-12-11-9-14(17-3)13(16-2)8-10(11)6-7-15-12;/h8-9H,4-7H2,1-3H3;1H. The summed E-state index contributed by atoms with van der Waals surface area (Å²) in [5.41, 5.74) is 3.76. The SMILES string of the molecule is CCCC1=NCCc2cc(OC)c(OC)cc21.Cl. The minimum Gasteiger partial charge on any atom is -0.493 e. The largest absolute Gasteiger partial charge is 0.493 e.